The van der Waals surface area contributed by atoms with E-state index in [1.54, 1.807) is 0 Å². The Morgan fingerprint density at radius 2 is 1.49 bits per heavy atom. The fourth-order valence-corrected chi connectivity index (χ4v) is 5.91. The molecule has 1 amide bonds. The van der Waals surface area contributed by atoms with Crippen molar-refractivity contribution in [3.8, 4) is 0 Å². The largest absolute Gasteiger partial charge is 0.477 e. The zero-order valence-corrected chi connectivity index (χ0v) is 26.8. The zero-order valence-electron chi connectivity index (χ0n) is 26.8. The van der Waals surface area contributed by atoms with Crippen LogP contribution in [0.4, 0.5) is 0 Å². The Labute approximate surface area is 280 Å². The normalized spacial score (nSPS) is 41.2. The Bertz CT molecular complexity index is 1040. The van der Waals surface area contributed by atoms with Crippen LogP contribution in [0.2, 0.25) is 0 Å². The highest BCUT2D eigenvalue weighted by molar-refractivity contribution is 5.76. The second-order valence-corrected chi connectivity index (χ2v) is 12.2. The third kappa shape index (κ3) is 9.78. The Balaban J connectivity index is 1.79. The number of aliphatic hydroxyl groups excluding tert-OH is 10. The first kappa shape index (κ1) is 41.7. The van der Waals surface area contributed by atoms with Crippen LogP contribution >= 0.6 is 0 Å². The number of hydrogen-bond acceptors (Lipinski definition) is 19. The minimum absolute atomic E-state index is 0.141. The number of nitrogens with two attached hydrogens (primary N) is 1. The van der Waals surface area contributed by atoms with E-state index in [1.165, 1.54) is 0 Å². The number of aliphatic hydroxyl groups is 10. The standard InChI is InChI=1S/C28H50N2O19/c1-11(34)30-16-12(35)7-28(27(42)43,49-24(16)17(37)13(36)8-31)48-23-15(10-33)46-26(21(41)19(23)39)47-22-14(9-32)45-25(20(40)18(22)38)44-6-4-2-3-5-29/h12-26,31-33,35-41H,2-10,29H2,1H3,(H,30,34)(H,42,43)/t12-,13+,14+,15+,16+,17+,18+,19+,20-,21+,22+,23-,24+,25-,26-,28-/m0/s1. The maximum absolute atomic E-state index is 12.6. The predicted octanol–water partition coefficient (Wildman–Crippen LogP) is -7.07. The lowest BCUT2D eigenvalue weighted by Crippen LogP contribution is -2.70. The van der Waals surface area contributed by atoms with Crippen LogP contribution in [0.15, 0.2) is 0 Å². The van der Waals surface area contributed by atoms with Crippen molar-refractivity contribution in [2.24, 2.45) is 5.73 Å². The van der Waals surface area contributed by atoms with Gasteiger partial charge in [-0.25, -0.2) is 4.79 Å². The number of aliphatic carboxylic acids is 1. The molecule has 0 unspecified atom stereocenters. The number of carbonyl (C=O) groups is 2. The lowest BCUT2D eigenvalue weighted by atomic mass is 9.88. The number of ether oxygens (including phenoxy) is 6. The van der Waals surface area contributed by atoms with E-state index >= 15 is 0 Å². The van der Waals surface area contributed by atoms with Crippen LogP contribution in [0.5, 0.6) is 0 Å². The Hall–Kier alpha value is -1.74. The minimum atomic E-state index is -2.97. The van der Waals surface area contributed by atoms with Gasteiger partial charge in [0, 0.05) is 20.0 Å². The lowest BCUT2D eigenvalue weighted by molar-refractivity contribution is -0.385. The summed E-state index contributed by atoms with van der Waals surface area (Å²) < 4.78 is 33.4. The molecule has 0 aromatic heterocycles. The molecule has 0 spiro atoms. The number of rotatable bonds is 17. The van der Waals surface area contributed by atoms with Gasteiger partial charge in [-0.15, -0.1) is 0 Å². The van der Waals surface area contributed by atoms with Gasteiger partial charge in [0.05, 0.1) is 32.0 Å². The molecule has 49 heavy (non-hydrogen) atoms. The maximum Gasteiger partial charge on any atom is 0.364 e. The molecule has 0 radical (unpaired) electrons. The fourth-order valence-electron chi connectivity index (χ4n) is 5.91. The first-order valence-corrected chi connectivity index (χ1v) is 15.9. The molecule has 3 saturated heterocycles. The van der Waals surface area contributed by atoms with Crippen molar-refractivity contribution in [1.29, 1.82) is 0 Å². The van der Waals surface area contributed by atoms with Crippen molar-refractivity contribution < 1.29 is 94.2 Å². The molecule has 16 atom stereocenters. The predicted molar refractivity (Wildman–Crippen MR) is 157 cm³/mol. The van der Waals surface area contributed by atoms with E-state index in [1.807, 2.05) is 0 Å². The van der Waals surface area contributed by atoms with Crippen LogP contribution in [0, 0.1) is 0 Å². The summed E-state index contributed by atoms with van der Waals surface area (Å²) in [5.74, 6) is -5.63. The number of carboxylic acids is 1. The molecular weight excluding hydrogens is 668 g/mol. The molecule has 0 bridgehead atoms. The summed E-state index contributed by atoms with van der Waals surface area (Å²) in [4.78, 5) is 24.4. The Kier molecular flexibility index (Phi) is 15.9. The molecule has 0 saturated carbocycles. The van der Waals surface area contributed by atoms with Gasteiger partial charge >= 0.3 is 5.97 Å². The third-order valence-corrected chi connectivity index (χ3v) is 8.58. The number of unbranched alkanes of at least 4 members (excludes halogenated alkanes) is 2. The first-order valence-electron chi connectivity index (χ1n) is 15.9. The molecule has 286 valence electrons. The Morgan fingerprint density at radius 1 is 0.898 bits per heavy atom. The van der Waals surface area contributed by atoms with Crippen LogP contribution in [-0.2, 0) is 38.0 Å². The molecule has 0 aromatic rings. The number of carboxylic acid groups (broad SMARTS) is 1. The lowest BCUT2D eigenvalue weighted by Gasteiger charge is -2.50. The van der Waals surface area contributed by atoms with Crippen molar-refractivity contribution in [3.05, 3.63) is 0 Å². The summed E-state index contributed by atoms with van der Waals surface area (Å²) in [5, 5.41) is 117. The Morgan fingerprint density at radius 3 is 2.06 bits per heavy atom. The number of amides is 1. The fraction of sp³-hybridized carbons (Fsp3) is 0.929. The van der Waals surface area contributed by atoms with E-state index in [-0.39, 0.29) is 6.61 Å². The van der Waals surface area contributed by atoms with Crippen LogP contribution in [0.3, 0.4) is 0 Å². The molecular formula is C28H50N2O19. The highest BCUT2D eigenvalue weighted by Crippen LogP contribution is 2.38. The summed E-state index contributed by atoms with van der Waals surface area (Å²) >= 11 is 0. The van der Waals surface area contributed by atoms with Gasteiger partial charge in [-0.2, -0.15) is 0 Å². The molecule has 3 rings (SSSR count). The molecule has 3 aliphatic rings. The van der Waals surface area contributed by atoms with Gasteiger partial charge in [-0.05, 0) is 25.8 Å². The number of nitrogens with one attached hydrogen (secondary N) is 1. The van der Waals surface area contributed by atoms with Gasteiger partial charge in [0.1, 0.15) is 67.1 Å². The summed E-state index contributed by atoms with van der Waals surface area (Å²) in [6.07, 6.45) is -24.3. The molecule has 0 aliphatic carbocycles. The summed E-state index contributed by atoms with van der Waals surface area (Å²) in [6, 6.07) is -1.52. The van der Waals surface area contributed by atoms with E-state index in [0.717, 1.165) is 19.8 Å². The van der Waals surface area contributed by atoms with Crippen molar-refractivity contribution in [2.45, 2.75) is 130 Å². The van der Waals surface area contributed by atoms with Crippen LogP contribution in [0.25, 0.3) is 0 Å². The van der Waals surface area contributed by atoms with Crippen molar-refractivity contribution >= 4 is 11.9 Å². The smallest absolute Gasteiger partial charge is 0.364 e. The summed E-state index contributed by atoms with van der Waals surface area (Å²) in [7, 11) is 0. The molecule has 14 N–H and O–H groups in total. The average molecular weight is 719 g/mol. The zero-order chi connectivity index (χ0) is 36.6. The SMILES string of the molecule is CC(=O)N[C@H]1[C@H]([C@H](O)[C@H](O)CO)O[C@](O[C@@H]2[C@H](O)[C@@H](O)[C@H](O[C@H]3[C@H](O)[C@H](O)[C@@H](OCCCCCN)O[C@@H]3CO)O[C@@H]2CO)(C(=O)O)C[C@@H]1O. The summed E-state index contributed by atoms with van der Waals surface area (Å²) in [6.45, 7) is -1.12. The van der Waals surface area contributed by atoms with Gasteiger partial charge < -0.3 is 95.6 Å². The van der Waals surface area contributed by atoms with Crippen LogP contribution < -0.4 is 11.1 Å². The number of carbonyl (C=O) groups excluding carboxylic acids is 1. The van der Waals surface area contributed by atoms with E-state index in [2.05, 4.69) is 5.32 Å². The van der Waals surface area contributed by atoms with Gasteiger partial charge in [0.15, 0.2) is 12.6 Å². The third-order valence-electron chi connectivity index (χ3n) is 8.58. The molecule has 0 aromatic carbocycles. The maximum atomic E-state index is 12.6. The molecule has 3 aliphatic heterocycles. The van der Waals surface area contributed by atoms with Gasteiger partial charge in [-0.3, -0.25) is 4.79 Å². The topological polar surface area (TPSA) is 350 Å². The second-order valence-electron chi connectivity index (χ2n) is 12.2. The van der Waals surface area contributed by atoms with Crippen molar-refractivity contribution in [3.63, 3.8) is 0 Å². The van der Waals surface area contributed by atoms with Crippen molar-refractivity contribution in [1.82, 2.24) is 5.32 Å². The van der Waals surface area contributed by atoms with Gasteiger partial charge in [0.25, 0.3) is 5.79 Å². The monoisotopic (exact) mass is 718 g/mol. The van der Waals surface area contributed by atoms with Crippen LogP contribution in [0.1, 0.15) is 32.6 Å². The van der Waals surface area contributed by atoms with Crippen LogP contribution in [-0.4, -0.2) is 199 Å². The highest BCUT2D eigenvalue weighted by Gasteiger charge is 2.60. The number of hydrogen-bond donors (Lipinski definition) is 13. The van der Waals surface area contributed by atoms with Gasteiger partial charge in [0.2, 0.25) is 5.91 Å². The average Bonchev–Trinajstić information content (AvgIpc) is 3.07. The quantitative estimate of drug-likeness (QED) is 0.0621. The summed E-state index contributed by atoms with van der Waals surface area (Å²) in [5.41, 5.74) is 5.46. The van der Waals surface area contributed by atoms with E-state index < -0.39 is 136 Å². The second kappa shape index (κ2) is 18.7. The highest BCUT2D eigenvalue weighted by atomic mass is 16.8. The van der Waals surface area contributed by atoms with E-state index in [0.29, 0.717) is 13.0 Å². The minimum Gasteiger partial charge on any atom is -0.477 e. The molecule has 21 nitrogen and oxygen atoms in total. The van der Waals surface area contributed by atoms with E-state index in [4.69, 9.17) is 34.2 Å². The van der Waals surface area contributed by atoms with Gasteiger partial charge in [-0.1, -0.05) is 0 Å². The molecule has 3 heterocycles. The van der Waals surface area contributed by atoms with E-state index in [9.17, 15) is 65.8 Å². The first-order chi connectivity index (χ1) is 23.2. The molecule has 3 fully saturated rings. The molecule has 21 heteroatoms. The van der Waals surface area contributed by atoms with Crippen molar-refractivity contribution in [2.75, 3.05) is 33.0 Å².